The lowest BCUT2D eigenvalue weighted by molar-refractivity contribution is -0.0585. The fraction of sp³-hybridized carbons (Fsp3) is 0.538. The van der Waals surface area contributed by atoms with Crippen LogP contribution in [-0.4, -0.2) is 49.2 Å². The third-order valence-electron chi connectivity index (χ3n) is 2.91. The van der Waals surface area contributed by atoms with E-state index in [1.165, 1.54) is 7.11 Å². The largest absolute Gasteiger partial charge is 0.465 e. The Morgan fingerprint density at radius 3 is 2.42 bits per heavy atom. The SMILES string of the molecule is COC(=O)c1ccc(C(=O)N2CC(C)OC(C)C2)s1. The Labute approximate surface area is 116 Å². The van der Waals surface area contributed by atoms with Gasteiger partial charge in [-0.15, -0.1) is 11.3 Å². The molecular weight excluding hydrogens is 266 g/mol. The molecule has 5 nitrogen and oxygen atoms in total. The Bertz CT molecular complexity index is 475. The molecular formula is C13H17NO4S. The molecule has 1 saturated heterocycles. The molecule has 0 aromatic carbocycles. The van der Waals surface area contributed by atoms with Gasteiger partial charge in [0, 0.05) is 13.1 Å². The zero-order chi connectivity index (χ0) is 14.0. The molecule has 1 aliphatic heterocycles. The normalized spacial score (nSPS) is 23.2. The van der Waals surface area contributed by atoms with Crippen LogP contribution in [0.4, 0.5) is 0 Å². The van der Waals surface area contributed by atoms with Gasteiger partial charge in [0.1, 0.15) is 4.88 Å². The van der Waals surface area contributed by atoms with E-state index in [9.17, 15) is 9.59 Å². The monoisotopic (exact) mass is 283 g/mol. The van der Waals surface area contributed by atoms with E-state index in [4.69, 9.17) is 4.74 Å². The number of ether oxygens (including phenoxy) is 2. The molecule has 0 N–H and O–H groups in total. The lowest BCUT2D eigenvalue weighted by Crippen LogP contribution is -2.48. The fourth-order valence-corrected chi connectivity index (χ4v) is 3.05. The van der Waals surface area contributed by atoms with Crippen LogP contribution in [0.2, 0.25) is 0 Å². The van der Waals surface area contributed by atoms with E-state index in [0.717, 1.165) is 11.3 Å². The minimum absolute atomic E-state index is 0.0349. The highest BCUT2D eigenvalue weighted by Crippen LogP contribution is 2.21. The zero-order valence-corrected chi connectivity index (χ0v) is 12.0. The van der Waals surface area contributed by atoms with Gasteiger partial charge in [-0.3, -0.25) is 4.79 Å². The first-order valence-electron chi connectivity index (χ1n) is 6.14. The van der Waals surface area contributed by atoms with Crippen LogP contribution >= 0.6 is 11.3 Å². The Hall–Kier alpha value is -1.40. The Morgan fingerprint density at radius 2 is 1.84 bits per heavy atom. The van der Waals surface area contributed by atoms with Crippen LogP contribution in [0, 0.1) is 0 Å². The minimum Gasteiger partial charge on any atom is -0.465 e. The van der Waals surface area contributed by atoms with E-state index in [1.54, 1.807) is 17.0 Å². The number of esters is 1. The number of carbonyl (C=O) groups excluding carboxylic acids is 2. The van der Waals surface area contributed by atoms with Crippen molar-refractivity contribution in [3.05, 3.63) is 21.9 Å². The van der Waals surface area contributed by atoms with Crippen LogP contribution in [0.5, 0.6) is 0 Å². The van der Waals surface area contributed by atoms with Gasteiger partial charge in [-0.2, -0.15) is 0 Å². The van der Waals surface area contributed by atoms with E-state index < -0.39 is 5.97 Å². The summed E-state index contributed by atoms with van der Waals surface area (Å²) in [6.45, 7) is 5.05. The molecule has 1 fully saturated rings. The predicted octanol–water partition coefficient (Wildman–Crippen LogP) is 1.78. The molecule has 0 radical (unpaired) electrons. The zero-order valence-electron chi connectivity index (χ0n) is 11.2. The second kappa shape index (κ2) is 5.71. The molecule has 2 unspecified atom stereocenters. The van der Waals surface area contributed by atoms with Gasteiger partial charge in [0.2, 0.25) is 0 Å². The maximum absolute atomic E-state index is 12.3. The van der Waals surface area contributed by atoms with Crippen LogP contribution in [0.25, 0.3) is 0 Å². The first kappa shape index (κ1) is 14.0. The highest BCUT2D eigenvalue weighted by atomic mass is 32.1. The fourth-order valence-electron chi connectivity index (χ4n) is 2.16. The summed E-state index contributed by atoms with van der Waals surface area (Å²) in [5.41, 5.74) is 0. The highest BCUT2D eigenvalue weighted by molar-refractivity contribution is 7.15. The van der Waals surface area contributed by atoms with Crippen LogP contribution < -0.4 is 0 Å². The molecule has 1 amide bonds. The van der Waals surface area contributed by atoms with Gasteiger partial charge < -0.3 is 14.4 Å². The van der Waals surface area contributed by atoms with Crippen molar-refractivity contribution in [2.75, 3.05) is 20.2 Å². The van der Waals surface area contributed by atoms with Crippen molar-refractivity contribution in [1.82, 2.24) is 4.90 Å². The highest BCUT2D eigenvalue weighted by Gasteiger charge is 2.27. The number of amides is 1. The lowest BCUT2D eigenvalue weighted by Gasteiger charge is -2.35. The number of thiophene rings is 1. The van der Waals surface area contributed by atoms with Crippen molar-refractivity contribution in [3.8, 4) is 0 Å². The molecule has 1 aliphatic rings. The van der Waals surface area contributed by atoms with E-state index in [1.807, 2.05) is 13.8 Å². The molecule has 2 rings (SSSR count). The van der Waals surface area contributed by atoms with Gasteiger partial charge in [-0.05, 0) is 26.0 Å². The Balaban J connectivity index is 2.11. The van der Waals surface area contributed by atoms with Crippen molar-refractivity contribution in [2.45, 2.75) is 26.1 Å². The summed E-state index contributed by atoms with van der Waals surface area (Å²) in [6.07, 6.45) is 0.0699. The first-order chi connectivity index (χ1) is 9.01. The van der Waals surface area contributed by atoms with Gasteiger partial charge in [-0.25, -0.2) is 4.79 Å². The maximum Gasteiger partial charge on any atom is 0.348 e. The van der Waals surface area contributed by atoms with Crippen LogP contribution in [0.15, 0.2) is 12.1 Å². The molecule has 0 spiro atoms. The number of carbonyl (C=O) groups is 2. The van der Waals surface area contributed by atoms with Gasteiger partial charge in [0.15, 0.2) is 0 Å². The lowest BCUT2D eigenvalue weighted by atomic mass is 10.2. The molecule has 1 aromatic rings. The van der Waals surface area contributed by atoms with Crippen molar-refractivity contribution >= 4 is 23.2 Å². The standard InChI is InChI=1S/C13H17NO4S/c1-8-6-14(7-9(2)18-8)12(15)10-4-5-11(19-10)13(16)17-3/h4-5,8-9H,6-7H2,1-3H3. The average Bonchev–Trinajstić information content (AvgIpc) is 2.85. The topological polar surface area (TPSA) is 55.8 Å². The number of hydrogen-bond acceptors (Lipinski definition) is 5. The summed E-state index contributed by atoms with van der Waals surface area (Å²) >= 11 is 1.16. The summed E-state index contributed by atoms with van der Waals surface area (Å²) < 4.78 is 10.2. The maximum atomic E-state index is 12.3. The van der Waals surface area contributed by atoms with Crippen molar-refractivity contribution in [1.29, 1.82) is 0 Å². The van der Waals surface area contributed by atoms with Crippen molar-refractivity contribution in [2.24, 2.45) is 0 Å². The van der Waals surface area contributed by atoms with Crippen molar-refractivity contribution < 1.29 is 19.1 Å². The minimum atomic E-state index is -0.409. The Morgan fingerprint density at radius 1 is 1.26 bits per heavy atom. The summed E-state index contributed by atoms with van der Waals surface area (Å²) in [7, 11) is 1.33. The Kier molecular flexibility index (Phi) is 4.21. The first-order valence-corrected chi connectivity index (χ1v) is 6.95. The number of nitrogens with zero attached hydrogens (tertiary/aromatic N) is 1. The van der Waals surface area contributed by atoms with Gasteiger partial charge in [0.05, 0.1) is 24.2 Å². The van der Waals surface area contributed by atoms with E-state index >= 15 is 0 Å². The molecule has 104 valence electrons. The molecule has 19 heavy (non-hydrogen) atoms. The number of morpholine rings is 1. The summed E-state index contributed by atoms with van der Waals surface area (Å²) in [4.78, 5) is 26.5. The molecule has 2 heterocycles. The number of methoxy groups -OCH3 is 1. The number of rotatable bonds is 2. The van der Waals surface area contributed by atoms with E-state index in [0.29, 0.717) is 22.8 Å². The number of hydrogen-bond donors (Lipinski definition) is 0. The second-order valence-electron chi connectivity index (χ2n) is 4.62. The van der Waals surface area contributed by atoms with Gasteiger partial charge in [-0.1, -0.05) is 0 Å². The molecule has 1 aromatic heterocycles. The molecule has 6 heteroatoms. The predicted molar refractivity (Wildman–Crippen MR) is 71.6 cm³/mol. The quantitative estimate of drug-likeness (QED) is 0.776. The third-order valence-corrected chi connectivity index (χ3v) is 3.96. The van der Waals surface area contributed by atoms with Crippen LogP contribution in [0.3, 0.4) is 0 Å². The van der Waals surface area contributed by atoms with E-state index in [2.05, 4.69) is 4.74 Å². The van der Waals surface area contributed by atoms with Crippen LogP contribution in [-0.2, 0) is 9.47 Å². The van der Waals surface area contributed by atoms with Gasteiger partial charge in [0.25, 0.3) is 5.91 Å². The van der Waals surface area contributed by atoms with E-state index in [-0.39, 0.29) is 18.1 Å². The summed E-state index contributed by atoms with van der Waals surface area (Å²) in [5.74, 6) is -0.463. The molecule has 0 aliphatic carbocycles. The summed E-state index contributed by atoms with van der Waals surface area (Å²) in [5, 5.41) is 0. The summed E-state index contributed by atoms with van der Waals surface area (Å²) in [6, 6.07) is 3.29. The van der Waals surface area contributed by atoms with Crippen molar-refractivity contribution in [3.63, 3.8) is 0 Å². The van der Waals surface area contributed by atoms with Crippen LogP contribution in [0.1, 0.15) is 33.2 Å². The third kappa shape index (κ3) is 3.13. The smallest absolute Gasteiger partial charge is 0.348 e. The van der Waals surface area contributed by atoms with Gasteiger partial charge >= 0.3 is 5.97 Å². The average molecular weight is 283 g/mol. The molecule has 0 saturated carbocycles. The molecule has 2 atom stereocenters. The molecule has 0 bridgehead atoms. The second-order valence-corrected chi connectivity index (χ2v) is 5.71.